The molecular formula is C15H27Cl2N3OS. The van der Waals surface area contributed by atoms with Crippen LogP contribution in [0.3, 0.4) is 0 Å². The highest BCUT2D eigenvalue weighted by atomic mass is 35.5. The van der Waals surface area contributed by atoms with E-state index in [0.717, 1.165) is 25.9 Å². The van der Waals surface area contributed by atoms with Gasteiger partial charge in [0.15, 0.2) is 0 Å². The molecule has 1 fully saturated rings. The Labute approximate surface area is 149 Å². The SMILES string of the molecule is CC(N)CC(=O)N1CCCC(c2nc(C(C)C)cs2)C1.Cl.Cl. The molecule has 1 aliphatic heterocycles. The maximum atomic E-state index is 12.1. The topological polar surface area (TPSA) is 59.2 Å². The third kappa shape index (κ3) is 5.69. The maximum absolute atomic E-state index is 12.1. The largest absolute Gasteiger partial charge is 0.342 e. The van der Waals surface area contributed by atoms with Crippen molar-refractivity contribution in [3.63, 3.8) is 0 Å². The monoisotopic (exact) mass is 367 g/mol. The number of amides is 1. The van der Waals surface area contributed by atoms with Gasteiger partial charge >= 0.3 is 0 Å². The molecule has 7 heteroatoms. The molecule has 0 aliphatic carbocycles. The summed E-state index contributed by atoms with van der Waals surface area (Å²) in [5, 5.41) is 3.34. The van der Waals surface area contributed by atoms with Crippen LogP contribution in [0, 0.1) is 0 Å². The third-order valence-electron chi connectivity index (χ3n) is 3.75. The summed E-state index contributed by atoms with van der Waals surface area (Å²) in [5.74, 6) is 1.06. The molecule has 0 spiro atoms. The molecule has 2 atom stereocenters. The molecule has 1 aromatic heterocycles. The van der Waals surface area contributed by atoms with Crippen LogP contribution in [-0.2, 0) is 4.79 Å². The second kappa shape index (κ2) is 9.71. The highest BCUT2D eigenvalue weighted by molar-refractivity contribution is 7.09. The summed E-state index contributed by atoms with van der Waals surface area (Å²) in [5.41, 5.74) is 6.89. The van der Waals surface area contributed by atoms with Crippen LogP contribution >= 0.6 is 36.2 Å². The van der Waals surface area contributed by atoms with E-state index in [1.807, 2.05) is 11.8 Å². The van der Waals surface area contributed by atoms with E-state index in [9.17, 15) is 4.79 Å². The molecule has 0 saturated carbocycles. The van der Waals surface area contributed by atoms with Crippen molar-refractivity contribution in [2.24, 2.45) is 5.73 Å². The lowest BCUT2D eigenvalue weighted by Crippen LogP contribution is -2.41. The van der Waals surface area contributed by atoms with Gasteiger partial charge in [0, 0.05) is 36.9 Å². The van der Waals surface area contributed by atoms with E-state index in [4.69, 9.17) is 10.7 Å². The maximum Gasteiger partial charge on any atom is 0.224 e. The van der Waals surface area contributed by atoms with Gasteiger partial charge in [-0.15, -0.1) is 36.2 Å². The van der Waals surface area contributed by atoms with Crippen LogP contribution in [0.15, 0.2) is 5.38 Å². The molecule has 2 rings (SSSR count). The summed E-state index contributed by atoms with van der Waals surface area (Å²) in [4.78, 5) is 18.8. The Balaban J connectivity index is 0.00000220. The van der Waals surface area contributed by atoms with Crippen molar-refractivity contribution in [3.8, 4) is 0 Å². The van der Waals surface area contributed by atoms with Gasteiger partial charge in [0.2, 0.25) is 5.91 Å². The lowest BCUT2D eigenvalue weighted by molar-refractivity contribution is -0.132. The molecule has 4 nitrogen and oxygen atoms in total. The van der Waals surface area contributed by atoms with Crippen LogP contribution in [0.5, 0.6) is 0 Å². The summed E-state index contributed by atoms with van der Waals surface area (Å²) in [6, 6.07) is -0.0599. The number of hydrogen-bond acceptors (Lipinski definition) is 4. The molecule has 1 amide bonds. The Morgan fingerprint density at radius 2 is 2.14 bits per heavy atom. The second-order valence-electron chi connectivity index (χ2n) is 6.13. The van der Waals surface area contributed by atoms with Crippen LogP contribution < -0.4 is 5.73 Å². The zero-order valence-corrected chi connectivity index (χ0v) is 15.9. The van der Waals surface area contributed by atoms with Gasteiger partial charge < -0.3 is 10.6 Å². The molecule has 2 N–H and O–H groups in total. The van der Waals surface area contributed by atoms with Gasteiger partial charge in [0.05, 0.1) is 10.7 Å². The summed E-state index contributed by atoms with van der Waals surface area (Å²) in [6.45, 7) is 7.88. The van der Waals surface area contributed by atoms with Crippen molar-refractivity contribution in [3.05, 3.63) is 16.1 Å². The van der Waals surface area contributed by atoms with Crippen molar-refractivity contribution in [1.82, 2.24) is 9.88 Å². The van der Waals surface area contributed by atoms with Gasteiger partial charge in [-0.1, -0.05) is 13.8 Å². The lowest BCUT2D eigenvalue weighted by Gasteiger charge is -2.32. The minimum atomic E-state index is -0.0599. The Kier molecular flexibility index (Phi) is 9.55. The van der Waals surface area contributed by atoms with Gasteiger partial charge in [-0.05, 0) is 25.7 Å². The van der Waals surface area contributed by atoms with Crippen molar-refractivity contribution >= 4 is 42.1 Å². The standard InChI is InChI=1S/C15H25N3OS.2ClH/c1-10(2)13-9-20-15(17-13)12-5-4-6-18(8-12)14(19)7-11(3)16;;/h9-12H,4-8,16H2,1-3H3;2*1H. The molecule has 0 aromatic carbocycles. The van der Waals surface area contributed by atoms with Crippen LogP contribution in [0.1, 0.15) is 62.6 Å². The first-order valence-corrected chi connectivity index (χ1v) is 8.34. The van der Waals surface area contributed by atoms with Gasteiger partial charge in [0.1, 0.15) is 0 Å². The Bertz CT molecular complexity index is 465. The van der Waals surface area contributed by atoms with Gasteiger partial charge in [-0.25, -0.2) is 4.98 Å². The van der Waals surface area contributed by atoms with Crippen LogP contribution in [0.4, 0.5) is 0 Å². The van der Waals surface area contributed by atoms with Gasteiger partial charge in [0.25, 0.3) is 0 Å². The molecule has 22 heavy (non-hydrogen) atoms. The highest BCUT2D eigenvalue weighted by Crippen LogP contribution is 2.31. The van der Waals surface area contributed by atoms with Crippen molar-refractivity contribution in [2.75, 3.05) is 13.1 Å². The molecule has 0 radical (unpaired) electrons. The second-order valence-corrected chi connectivity index (χ2v) is 7.02. The van der Waals surface area contributed by atoms with E-state index in [2.05, 4.69) is 19.2 Å². The molecular weight excluding hydrogens is 341 g/mol. The average Bonchev–Trinajstić information content (AvgIpc) is 2.88. The molecule has 1 saturated heterocycles. The first-order valence-electron chi connectivity index (χ1n) is 7.46. The number of nitrogens with zero attached hydrogens (tertiary/aromatic N) is 2. The fourth-order valence-electron chi connectivity index (χ4n) is 2.56. The summed E-state index contributed by atoms with van der Waals surface area (Å²) in [6.07, 6.45) is 2.64. The van der Waals surface area contributed by atoms with Crippen LogP contribution in [0.2, 0.25) is 0 Å². The number of nitrogens with two attached hydrogens (primary N) is 1. The smallest absolute Gasteiger partial charge is 0.224 e. The van der Waals surface area contributed by atoms with E-state index in [1.54, 1.807) is 11.3 Å². The highest BCUT2D eigenvalue weighted by Gasteiger charge is 2.27. The molecule has 0 bridgehead atoms. The molecule has 1 aliphatic rings. The number of halogens is 2. The van der Waals surface area contributed by atoms with Gasteiger partial charge in [-0.3, -0.25) is 4.79 Å². The summed E-state index contributed by atoms with van der Waals surface area (Å²) < 4.78 is 0. The fraction of sp³-hybridized carbons (Fsp3) is 0.733. The van der Waals surface area contributed by atoms with Crippen molar-refractivity contribution in [2.45, 2.75) is 57.9 Å². The number of piperidine rings is 1. The predicted molar refractivity (Wildman–Crippen MR) is 97.5 cm³/mol. The molecule has 2 unspecified atom stereocenters. The number of carbonyl (C=O) groups excluding carboxylic acids is 1. The molecule has 128 valence electrons. The quantitative estimate of drug-likeness (QED) is 0.884. The summed E-state index contributed by atoms with van der Waals surface area (Å²) in [7, 11) is 0. The minimum Gasteiger partial charge on any atom is -0.342 e. The van der Waals surface area contributed by atoms with E-state index >= 15 is 0 Å². The number of aromatic nitrogens is 1. The number of hydrogen-bond donors (Lipinski definition) is 1. The molecule has 1 aromatic rings. The van der Waals surface area contributed by atoms with E-state index in [-0.39, 0.29) is 36.8 Å². The first-order chi connectivity index (χ1) is 9.47. The number of carbonyl (C=O) groups is 1. The Morgan fingerprint density at radius 1 is 1.45 bits per heavy atom. The lowest BCUT2D eigenvalue weighted by atomic mass is 9.98. The van der Waals surface area contributed by atoms with Gasteiger partial charge in [-0.2, -0.15) is 0 Å². The van der Waals surface area contributed by atoms with E-state index in [1.165, 1.54) is 10.7 Å². The van der Waals surface area contributed by atoms with Crippen molar-refractivity contribution in [1.29, 1.82) is 0 Å². The Morgan fingerprint density at radius 3 is 2.68 bits per heavy atom. The van der Waals surface area contributed by atoms with Crippen LogP contribution in [-0.4, -0.2) is 34.9 Å². The Hall–Kier alpha value is -0.360. The van der Waals surface area contributed by atoms with Crippen LogP contribution in [0.25, 0.3) is 0 Å². The first kappa shape index (κ1) is 21.6. The zero-order chi connectivity index (χ0) is 14.7. The minimum absolute atomic E-state index is 0. The average molecular weight is 368 g/mol. The van der Waals surface area contributed by atoms with E-state index < -0.39 is 0 Å². The predicted octanol–water partition coefficient (Wildman–Crippen LogP) is 3.55. The number of likely N-dealkylation sites (tertiary alicyclic amines) is 1. The zero-order valence-electron chi connectivity index (χ0n) is 13.4. The molecule has 2 heterocycles. The summed E-state index contributed by atoms with van der Waals surface area (Å²) >= 11 is 1.74. The normalized spacial score (nSPS) is 19.3. The van der Waals surface area contributed by atoms with Crippen molar-refractivity contribution < 1.29 is 4.79 Å². The van der Waals surface area contributed by atoms with E-state index in [0.29, 0.717) is 18.3 Å². The third-order valence-corrected chi connectivity index (χ3v) is 4.78. The number of thiazole rings is 1. The fourth-order valence-corrected chi connectivity index (χ4v) is 3.67. The number of rotatable bonds is 4.